The molecule has 1 aliphatic heterocycles. The first kappa shape index (κ1) is 15.8. The van der Waals surface area contributed by atoms with Crippen molar-refractivity contribution in [2.24, 2.45) is 5.92 Å². The maximum absolute atomic E-state index is 12.1. The van der Waals surface area contributed by atoms with Crippen molar-refractivity contribution in [2.45, 2.75) is 19.8 Å². The highest BCUT2D eigenvalue weighted by molar-refractivity contribution is 5.93. The predicted molar refractivity (Wildman–Crippen MR) is 85.3 cm³/mol. The molecule has 1 amide bonds. The minimum absolute atomic E-state index is 0.0115. The second-order valence-electron chi connectivity index (χ2n) is 5.88. The summed E-state index contributed by atoms with van der Waals surface area (Å²) in [6.45, 7) is 4.97. The van der Waals surface area contributed by atoms with Gasteiger partial charge in [0.2, 0.25) is 5.91 Å². The molecule has 5 heteroatoms. The number of likely N-dealkylation sites (N-methyl/N-ethyl adjacent to an activating group) is 1. The fourth-order valence-corrected chi connectivity index (χ4v) is 2.70. The van der Waals surface area contributed by atoms with Crippen LogP contribution in [0.2, 0.25) is 0 Å². The summed E-state index contributed by atoms with van der Waals surface area (Å²) in [5.74, 6) is 0.646. The van der Waals surface area contributed by atoms with E-state index >= 15 is 0 Å². The first-order valence-corrected chi connectivity index (χ1v) is 7.47. The quantitative estimate of drug-likeness (QED) is 0.813. The largest absolute Gasteiger partial charge is 0.399 e. The van der Waals surface area contributed by atoms with Crippen LogP contribution in [0, 0.1) is 12.8 Å². The fraction of sp³-hybridized carbons (Fsp3) is 0.562. The first-order valence-electron chi connectivity index (χ1n) is 7.47. The Bertz CT molecular complexity index is 484. The van der Waals surface area contributed by atoms with E-state index in [1.807, 2.05) is 26.1 Å². The summed E-state index contributed by atoms with van der Waals surface area (Å²) in [5.41, 5.74) is 8.23. The summed E-state index contributed by atoms with van der Waals surface area (Å²) in [5, 5.41) is 2.94. The second-order valence-corrected chi connectivity index (χ2v) is 5.88. The van der Waals surface area contributed by atoms with Gasteiger partial charge in [-0.05, 0) is 56.5 Å². The van der Waals surface area contributed by atoms with E-state index in [1.54, 1.807) is 6.07 Å². The zero-order chi connectivity index (χ0) is 15.2. The predicted octanol–water partition coefficient (Wildman–Crippen LogP) is 1.87. The van der Waals surface area contributed by atoms with Crippen LogP contribution in [0.1, 0.15) is 18.4 Å². The number of carbonyl (C=O) groups is 1. The van der Waals surface area contributed by atoms with Gasteiger partial charge in [0, 0.05) is 31.1 Å². The van der Waals surface area contributed by atoms with Crippen LogP contribution in [0.15, 0.2) is 18.2 Å². The van der Waals surface area contributed by atoms with E-state index in [0.717, 1.165) is 43.9 Å². The van der Waals surface area contributed by atoms with Crippen molar-refractivity contribution >= 4 is 17.3 Å². The summed E-state index contributed by atoms with van der Waals surface area (Å²) in [7, 11) is 1.99. The van der Waals surface area contributed by atoms with E-state index in [4.69, 9.17) is 10.5 Å². The molecule has 0 aliphatic carbocycles. The number of aryl methyl sites for hydroxylation is 1. The number of nitrogens with one attached hydrogen (secondary N) is 1. The monoisotopic (exact) mass is 291 g/mol. The van der Waals surface area contributed by atoms with Crippen LogP contribution in [0.4, 0.5) is 11.4 Å². The van der Waals surface area contributed by atoms with Gasteiger partial charge < -0.3 is 15.8 Å². The van der Waals surface area contributed by atoms with Gasteiger partial charge in [-0.25, -0.2) is 0 Å². The van der Waals surface area contributed by atoms with Gasteiger partial charge in [-0.2, -0.15) is 0 Å². The summed E-state index contributed by atoms with van der Waals surface area (Å²) < 4.78 is 5.36. The average molecular weight is 291 g/mol. The first-order chi connectivity index (χ1) is 10.0. The highest BCUT2D eigenvalue weighted by atomic mass is 16.5. The molecule has 1 aliphatic rings. The normalized spacial score (nSPS) is 16.1. The lowest BCUT2D eigenvalue weighted by molar-refractivity contribution is -0.117. The van der Waals surface area contributed by atoms with E-state index in [9.17, 15) is 4.79 Å². The zero-order valence-corrected chi connectivity index (χ0v) is 12.9. The van der Waals surface area contributed by atoms with Crippen LogP contribution in [-0.4, -0.2) is 44.2 Å². The Labute approximate surface area is 126 Å². The number of nitrogen functional groups attached to an aromatic ring is 1. The molecule has 1 fully saturated rings. The Balaban J connectivity index is 1.80. The fourth-order valence-electron chi connectivity index (χ4n) is 2.70. The summed E-state index contributed by atoms with van der Waals surface area (Å²) in [4.78, 5) is 14.2. The van der Waals surface area contributed by atoms with E-state index in [1.165, 1.54) is 0 Å². The van der Waals surface area contributed by atoms with Crippen LogP contribution < -0.4 is 11.1 Å². The van der Waals surface area contributed by atoms with Crippen LogP contribution in [-0.2, 0) is 9.53 Å². The Morgan fingerprint density at radius 1 is 1.43 bits per heavy atom. The highest BCUT2D eigenvalue weighted by Gasteiger charge is 2.17. The molecule has 1 heterocycles. The van der Waals surface area contributed by atoms with E-state index < -0.39 is 0 Å². The summed E-state index contributed by atoms with van der Waals surface area (Å²) in [6, 6.07) is 5.51. The van der Waals surface area contributed by atoms with Gasteiger partial charge in [-0.15, -0.1) is 0 Å². The summed E-state index contributed by atoms with van der Waals surface area (Å²) in [6.07, 6.45) is 2.17. The molecule has 5 nitrogen and oxygen atoms in total. The molecular weight excluding hydrogens is 266 g/mol. The molecule has 1 aromatic rings. The van der Waals surface area contributed by atoms with Gasteiger partial charge in [0.25, 0.3) is 0 Å². The van der Waals surface area contributed by atoms with Crippen LogP contribution in [0.3, 0.4) is 0 Å². The van der Waals surface area contributed by atoms with Gasteiger partial charge in [0.15, 0.2) is 0 Å². The molecule has 0 saturated carbocycles. The van der Waals surface area contributed by atoms with Gasteiger partial charge in [-0.1, -0.05) is 0 Å². The number of anilines is 2. The number of hydrogen-bond acceptors (Lipinski definition) is 4. The number of amides is 1. The SMILES string of the molecule is Cc1cc(N)ccc1NC(=O)CN(C)CC1CCOCC1. The van der Waals surface area contributed by atoms with Gasteiger partial charge in [0.05, 0.1) is 6.54 Å². The molecule has 21 heavy (non-hydrogen) atoms. The molecule has 0 aromatic heterocycles. The maximum atomic E-state index is 12.1. The topological polar surface area (TPSA) is 67.6 Å². The standard InChI is InChI=1S/C16H25N3O2/c1-12-9-14(17)3-4-15(12)18-16(20)11-19(2)10-13-5-7-21-8-6-13/h3-4,9,13H,5-8,10-11,17H2,1-2H3,(H,18,20). The maximum Gasteiger partial charge on any atom is 0.238 e. The smallest absolute Gasteiger partial charge is 0.238 e. The Morgan fingerprint density at radius 2 is 2.14 bits per heavy atom. The highest BCUT2D eigenvalue weighted by Crippen LogP contribution is 2.18. The number of rotatable bonds is 5. The van der Waals surface area contributed by atoms with Crippen molar-refractivity contribution in [2.75, 3.05) is 44.4 Å². The molecule has 0 unspecified atom stereocenters. The Morgan fingerprint density at radius 3 is 2.81 bits per heavy atom. The molecule has 3 N–H and O–H groups in total. The van der Waals surface area contributed by atoms with Crippen molar-refractivity contribution in [3.63, 3.8) is 0 Å². The lowest BCUT2D eigenvalue weighted by Crippen LogP contribution is -2.35. The number of ether oxygens (including phenoxy) is 1. The molecule has 1 saturated heterocycles. The molecule has 2 rings (SSSR count). The number of nitrogens with zero attached hydrogens (tertiary/aromatic N) is 1. The number of hydrogen-bond donors (Lipinski definition) is 2. The van der Waals surface area contributed by atoms with E-state index in [2.05, 4.69) is 10.2 Å². The lowest BCUT2D eigenvalue weighted by atomic mass is 10.00. The van der Waals surface area contributed by atoms with Crippen molar-refractivity contribution in [3.05, 3.63) is 23.8 Å². The van der Waals surface area contributed by atoms with Crippen molar-refractivity contribution in [1.29, 1.82) is 0 Å². The third kappa shape index (κ3) is 5.02. The van der Waals surface area contributed by atoms with Crippen LogP contribution >= 0.6 is 0 Å². The summed E-state index contributed by atoms with van der Waals surface area (Å²) >= 11 is 0. The number of nitrogens with two attached hydrogens (primary N) is 1. The van der Waals surface area contributed by atoms with Crippen molar-refractivity contribution in [1.82, 2.24) is 4.90 Å². The van der Waals surface area contributed by atoms with Crippen LogP contribution in [0.25, 0.3) is 0 Å². The third-order valence-electron chi connectivity index (χ3n) is 3.85. The average Bonchev–Trinajstić information content (AvgIpc) is 2.43. The molecule has 0 spiro atoms. The molecule has 1 aromatic carbocycles. The zero-order valence-electron chi connectivity index (χ0n) is 12.9. The number of carbonyl (C=O) groups excluding carboxylic acids is 1. The molecule has 116 valence electrons. The second kappa shape index (κ2) is 7.43. The Kier molecular flexibility index (Phi) is 5.59. The molecular formula is C16H25N3O2. The lowest BCUT2D eigenvalue weighted by Gasteiger charge is -2.26. The minimum atomic E-state index is 0.0115. The Hall–Kier alpha value is -1.59. The van der Waals surface area contributed by atoms with E-state index in [-0.39, 0.29) is 5.91 Å². The number of benzene rings is 1. The minimum Gasteiger partial charge on any atom is -0.399 e. The van der Waals surface area contributed by atoms with Crippen molar-refractivity contribution in [3.8, 4) is 0 Å². The third-order valence-corrected chi connectivity index (χ3v) is 3.85. The molecule has 0 radical (unpaired) electrons. The van der Waals surface area contributed by atoms with Gasteiger partial charge in [-0.3, -0.25) is 9.69 Å². The van der Waals surface area contributed by atoms with Gasteiger partial charge in [0.1, 0.15) is 0 Å². The van der Waals surface area contributed by atoms with Crippen molar-refractivity contribution < 1.29 is 9.53 Å². The molecule has 0 bridgehead atoms. The van der Waals surface area contributed by atoms with Crippen LogP contribution in [0.5, 0.6) is 0 Å². The van der Waals surface area contributed by atoms with E-state index in [0.29, 0.717) is 18.2 Å². The van der Waals surface area contributed by atoms with Gasteiger partial charge >= 0.3 is 0 Å². The molecule has 0 atom stereocenters.